The Bertz CT molecular complexity index is 1190. The van der Waals surface area contributed by atoms with Gasteiger partial charge in [0.1, 0.15) is 12.4 Å². The first kappa shape index (κ1) is 24.5. The van der Waals surface area contributed by atoms with Gasteiger partial charge in [0.05, 0.1) is 34.3 Å². The molecule has 0 heterocycles. The minimum atomic E-state index is -0.966. The van der Waals surface area contributed by atoms with Crippen LogP contribution in [0.15, 0.2) is 54.6 Å². The van der Waals surface area contributed by atoms with E-state index >= 15 is 4.39 Å². The Morgan fingerprint density at radius 3 is 2.45 bits per heavy atom. The molecular formula is C24H19Cl2F2NO4. The molecule has 0 spiro atoms. The van der Waals surface area contributed by atoms with Crippen molar-refractivity contribution in [2.75, 3.05) is 11.9 Å². The number of ether oxygens (including phenoxy) is 2. The average Bonchev–Trinajstić information content (AvgIpc) is 2.75. The van der Waals surface area contributed by atoms with Gasteiger partial charge in [-0.05, 0) is 54.4 Å². The Labute approximate surface area is 199 Å². The summed E-state index contributed by atoms with van der Waals surface area (Å²) in [6.07, 6.45) is 0.0208. The molecule has 3 aromatic carbocycles. The summed E-state index contributed by atoms with van der Waals surface area (Å²) in [4.78, 5) is 24.4. The Morgan fingerprint density at radius 1 is 0.970 bits per heavy atom. The van der Waals surface area contributed by atoms with Gasteiger partial charge in [0.15, 0.2) is 11.6 Å². The van der Waals surface area contributed by atoms with Crippen molar-refractivity contribution in [3.8, 4) is 5.75 Å². The van der Waals surface area contributed by atoms with E-state index in [2.05, 4.69) is 5.32 Å². The number of hydrogen-bond acceptors (Lipinski definition) is 4. The molecule has 0 saturated heterocycles. The van der Waals surface area contributed by atoms with Gasteiger partial charge >= 0.3 is 5.97 Å². The molecule has 0 aromatic heterocycles. The maximum absolute atomic E-state index is 15.0. The third-order valence-corrected chi connectivity index (χ3v) is 5.13. The van der Waals surface area contributed by atoms with Gasteiger partial charge in [-0.2, -0.15) is 0 Å². The molecule has 0 atom stereocenters. The lowest BCUT2D eigenvalue weighted by Crippen LogP contribution is -2.16. The number of rotatable bonds is 8. The molecule has 33 heavy (non-hydrogen) atoms. The molecule has 0 fully saturated rings. The van der Waals surface area contributed by atoms with Gasteiger partial charge in [0.2, 0.25) is 0 Å². The van der Waals surface area contributed by atoms with Gasteiger partial charge < -0.3 is 14.8 Å². The molecular weight excluding hydrogens is 475 g/mol. The molecule has 0 bridgehead atoms. The first-order chi connectivity index (χ1) is 15.8. The summed E-state index contributed by atoms with van der Waals surface area (Å²) in [5, 5.41) is 2.53. The van der Waals surface area contributed by atoms with Crippen LogP contribution in [0.25, 0.3) is 0 Å². The van der Waals surface area contributed by atoms with Crippen LogP contribution in [-0.4, -0.2) is 18.5 Å². The number of halogens is 4. The van der Waals surface area contributed by atoms with Gasteiger partial charge in [-0.25, -0.2) is 8.78 Å². The van der Waals surface area contributed by atoms with Crippen LogP contribution in [0.3, 0.4) is 0 Å². The highest BCUT2D eigenvalue weighted by atomic mass is 35.5. The molecule has 3 aromatic rings. The highest BCUT2D eigenvalue weighted by Crippen LogP contribution is 2.30. The third kappa shape index (κ3) is 6.43. The van der Waals surface area contributed by atoms with Crippen LogP contribution < -0.4 is 10.1 Å². The number of anilines is 1. The second-order valence-electron chi connectivity index (χ2n) is 6.90. The van der Waals surface area contributed by atoms with Gasteiger partial charge in [-0.3, -0.25) is 9.59 Å². The molecule has 9 heteroatoms. The first-order valence-electron chi connectivity index (χ1n) is 9.89. The predicted molar refractivity (Wildman–Crippen MR) is 122 cm³/mol. The van der Waals surface area contributed by atoms with Crippen molar-refractivity contribution in [1.29, 1.82) is 0 Å². The fraction of sp³-hybridized carbons (Fsp3) is 0.167. The van der Waals surface area contributed by atoms with Crippen molar-refractivity contribution in [3.05, 3.63) is 93.0 Å². The van der Waals surface area contributed by atoms with E-state index < -0.39 is 29.1 Å². The van der Waals surface area contributed by atoms with Gasteiger partial charge in [-0.15, -0.1) is 0 Å². The van der Waals surface area contributed by atoms with Crippen molar-refractivity contribution < 1.29 is 27.8 Å². The zero-order valence-electron chi connectivity index (χ0n) is 17.5. The molecule has 0 aliphatic heterocycles. The molecule has 0 saturated carbocycles. The second kappa shape index (κ2) is 11.1. The monoisotopic (exact) mass is 493 g/mol. The van der Waals surface area contributed by atoms with Crippen LogP contribution in [0, 0.1) is 11.6 Å². The number of nitrogens with one attached hydrogen (secondary N) is 1. The molecule has 0 radical (unpaired) electrons. The Balaban J connectivity index is 1.75. The maximum atomic E-state index is 15.0. The number of carbonyl (C=O) groups excluding carboxylic acids is 2. The van der Waals surface area contributed by atoms with Crippen molar-refractivity contribution >= 4 is 40.8 Å². The van der Waals surface area contributed by atoms with E-state index in [9.17, 15) is 14.0 Å². The number of benzene rings is 3. The van der Waals surface area contributed by atoms with Crippen LogP contribution in [0.5, 0.6) is 5.75 Å². The van der Waals surface area contributed by atoms with Crippen molar-refractivity contribution in [2.24, 2.45) is 0 Å². The highest BCUT2D eigenvalue weighted by molar-refractivity contribution is 6.36. The second-order valence-corrected chi connectivity index (χ2v) is 7.72. The zero-order valence-corrected chi connectivity index (χ0v) is 19.0. The van der Waals surface area contributed by atoms with Crippen LogP contribution in [0.2, 0.25) is 10.0 Å². The molecule has 1 amide bonds. The van der Waals surface area contributed by atoms with E-state index in [0.29, 0.717) is 11.1 Å². The molecule has 0 unspecified atom stereocenters. The summed E-state index contributed by atoms with van der Waals surface area (Å²) >= 11 is 12.3. The van der Waals surface area contributed by atoms with Crippen LogP contribution >= 0.6 is 23.2 Å². The predicted octanol–water partition coefficient (Wildman–Crippen LogP) is 6.21. The molecule has 0 aliphatic rings. The molecule has 5 nitrogen and oxygen atoms in total. The first-order valence-corrected chi connectivity index (χ1v) is 10.6. The Morgan fingerprint density at radius 2 is 1.76 bits per heavy atom. The van der Waals surface area contributed by atoms with Gasteiger partial charge in [0, 0.05) is 0 Å². The smallest absolute Gasteiger partial charge is 0.310 e. The number of hydrogen-bond donors (Lipinski definition) is 1. The quantitative estimate of drug-likeness (QED) is 0.379. The topological polar surface area (TPSA) is 64.6 Å². The minimum Gasteiger partial charge on any atom is -0.486 e. The van der Waals surface area contributed by atoms with E-state index in [-0.39, 0.29) is 41.1 Å². The van der Waals surface area contributed by atoms with E-state index in [0.717, 1.165) is 0 Å². The van der Waals surface area contributed by atoms with E-state index in [1.807, 2.05) is 0 Å². The fourth-order valence-corrected chi connectivity index (χ4v) is 3.46. The Hall–Kier alpha value is -3.16. The number of amides is 1. The van der Waals surface area contributed by atoms with Crippen LogP contribution in [0.1, 0.15) is 28.4 Å². The molecule has 1 N–H and O–H groups in total. The Kier molecular flexibility index (Phi) is 8.25. The lowest BCUT2D eigenvalue weighted by molar-refractivity contribution is -0.142. The van der Waals surface area contributed by atoms with E-state index in [1.165, 1.54) is 42.5 Å². The number of esters is 1. The summed E-state index contributed by atoms with van der Waals surface area (Å²) in [7, 11) is 0. The minimum absolute atomic E-state index is 0.0208. The summed E-state index contributed by atoms with van der Waals surface area (Å²) in [6, 6.07) is 12.9. The van der Waals surface area contributed by atoms with Gasteiger partial charge in [0.25, 0.3) is 5.91 Å². The molecule has 3 rings (SSSR count). The van der Waals surface area contributed by atoms with Crippen molar-refractivity contribution in [3.63, 3.8) is 0 Å². The van der Waals surface area contributed by atoms with Crippen molar-refractivity contribution in [1.82, 2.24) is 0 Å². The highest BCUT2D eigenvalue weighted by Gasteiger charge is 2.21. The summed E-state index contributed by atoms with van der Waals surface area (Å²) in [5.74, 6) is -2.88. The van der Waals surface area contributed by atoms with Crippen LogP contribution in [-0.2, 0) is 22.6 Å². The van der Waals surface area contributed by atoms with E-state index in [4.69, 9.17) is 32.7 Å². The number of carbonyl (C=O) groups is 2. The fourth-order valence-electron chi connectivity index (χ4n) is 2.97. The normalized spacial score (nSPS) is 10.6. The molecule has 0 aliphatic carbocycles. The third-order valence-electron chi connectivity index (χ3n) is 4.50. The standard InChI is InChI=1S/C24H19Cl2F2NO4/c1-2-32-21(30)12-14-6-8-19(18(26)11-14)29-24(31)22-17(25)7-9-20(23(22)28)33-13-15-4-3-5-16(27)10-15/h3-11H,2,12-13H2,1H3,(H,29,31). The summed E-state index contributed by atoms with van der Waals surface area (Å²) in [6.45, 7) is 1.86. The van der Waals surface area contributed by atoms with Crippen molar-refractivity contribution in [2.45, 2.75) is 20.0 Å². The van der Waals surface area contributed by atoms with Crippen LogP contribution in [0.4, 0.5) is 14.5 Å². The summed E-state index contributed by atoms with van der Waals surface area (Å²) < 4.78 is 38.7. The lowest BCUT2D eigenvalue weighted by Gasteiger charge is -2.13. The summed E-state index contributed by atoms with van der Waals surface area (Å²) in [5.41, 5.74) is 0.856. The molecule has 172 valence electrons. The van der Waals surface area contributed by atoms with E-state index in [1.54, 1.807) is 19.1 Å². The maximum Gasteiger partial charge on any atom is 0.310 e. The lowest BCUT2D eigenvalue weighted by atomic mass is 10.1. The zero-order chi connectivity index (χ0) is 24.0. The largest absolute Gasteiger partial charge is 0.486 e. The SMILES string of the molecule is CCOC(=O)Cc1ccc(NC(=O)c2c(Cl)ccc(OCc3cccc(F)c3)c2F)c(Cl)c1. The van der Waals surface area contributed by atoms with Gasteiger partial charge in [-0.1, -0.05) is 41.4 Å². The average molecular weight is 494 g/mol.